The highest BCUT2D eigenvalue weighted by atomic mass is 35.5. The molecule has 0 aliphatic heterocycles. The van der Waals surface area contributed by atoms with E-state index in [1.807, 2.05) is 24.3 Å². The third-order valence-corrected chi connectivity index (χ3v) is 2.62. The predicted molar refractivity (Wildman–Crippen MR) is 69.4 cm³/mol. The SMILES string of the molecule is COc1cccc(Cc2nc(Cl)cc(OC)n2)c1. The van der Waals surface area contributed by atoms with E-state index in [2.05, 4.69) is 9.97 Å². The Morgan fingerprint density at radius 2 is 1.94 bits per heavy atom. The van der Waals surface area contributed by atoms with Gasteiger partial charge in [0, 0.05) is 12.5 Å². The molecule has 5 heteroatoms. The summed E-state index contributed by atoms with van der Waals surface area (Å²) in [6.07, 6.45) is 0.578. The summed E-state index contributed by atoms with van der Waals surface area (Å²) < 4.78 is 10.2. The second-order valence-electron chi connectivity index (χ2n) is 3.68. The molecule has 0 saturated heterocycles. The largest absolute Gasteiger partial charge is 0.497 e. The first-order valence-corrected chi connectivity index (χ1v) is 5.79. The molecule has 0 aliphatic rings. The molecule has 0 N–H and O–H groups in total. The van der Waals surface area contributed by atoms with Gasteiger partial charge in [-0.05, 0) is 17.7 Å². The highest BCUT2D eigenvalue weighted by Gasteiger charge is 2.05. The normalized spacial score (nSPS) is 10.2. The van der Waals surface area contributed by atoms with Gasteiger partial charge in [-0.15, -0.1) is 0 Å². The lowest BCUT2D eigenvalue weighted by molar-refractivity contribution is 0.395. The van der Waals surface area contributed by atoms with Gasteiger partial charge in [0.25, 0.3) is 0 Å². The number of methoxy groups -OCH3 is 2. The number of rotatable bonds is 4. The molecule has 0 amide bonds. The average Bonchev–Trinajstić information content (AvgIpc) is 2.38. The first-order chi connectivity index (χ1) is 8.71. The second-order valence-corrected chi connectivity index (χ2v) is 4.06. The van der Waals surface area contributed by atoms with Crippen molar-refractivity contribution in [2.24, 2.45) is 0 Å². The Bertz CT molecular complexity index is 546. The van der Waals surface area contributed by atoms with Gasteiger partial charge in [-0.3, -0.25) is 0 Å². The first kappa shape index (κ1) is 12.6. The summed E-state index contributed by atoms with van der Waals surface area (Å²) in [7, 11) is 3.19. The van der Waals surface area contributed by atoms with Crippen LogP contribution in [0, 0.1) is 0 Å². The van der Waals surface area contributed by atoms with Crippen molar-refractivity contribution >= 4 is 11.6 Å². The van der Waals surface area contributed by atoms with Crippen molar-refractivity contribution < 1.29 is 9.47 Å². The molecule has 2 rings (SSSR count). The van der Waals surface area contributed by atoms with E-state index in [1.165, 1.54) is 0 Å². The Morgan fingerprint density at radius 1 is 1.11 bits per heavy atom. The van der Waals surface area contributed by atoms with E-state index in [0.717, 1.165) is 11.3 Å². The molecule has 0 atom stereocenters. The van der Waals surface area contributed by atoms with Crippen molar-refractivity contribution in [3.63, 3.8) is 0 Å². The molecule has 94 valence electrons. The Labute approximate surface area is 111 Å². The molecule has 18 heavy (non-hydrogen) atoms. The Balaban J connectivity index is 2.24. The quantitative estimate of drug-likeness (QED) is 0.797. The zero-order chi connectivity index (χ0) is 13.0. The Kier molecular flexibility index (Phi) is 3.99. The molecule has 1 heterocycles. The fourth-order valence-corrected chi connectivity index (χ4v) is 1.78. The summed E-state index contributed by atoms with van der Waals surface area (Å²) in [5, 5.41) is 0.375. The van der Waals surface area contributed by atoms with Crippen LogP contribution in [0.5, 0.6) is 11.6 Å². The van der Waals surface area contributed by atoms with Crippen molar-refractivity contribution in [3.05, 3.63) is 46.9 Å². The van der Waals surface area contributed by atoms with Crippen LogP contribution < -0.4 is 9.47 Å². The van der Waals surface area contributed by atoms with E-state index < -0.39 is 0 Å². The maximum absolute atomic E-state index is 5.90. The number of hydrogen-bond acceptors (Lipinski definition) is 4. The van der Waals surface area contributed by atoms with E-state index in [9.17, 15) is 0 Å². The van der Waals surface area contributed by atoms with Gasteiger partial charge < -0.3 is 9.47 Å². The van der Waals surface area contributed by atoms with Gasteiger partial charge in [-0.2, -0.15) is 4.98 Å². The van der Waals surface area contributed by atoms with Gasteiger partial charge in [0.15, 0.2) is 0 Å². The third-order valence-electron chi connectivity index (χ3n) is 2.42. The topological polar surface area (TPSA) is 44.2 Å². The summed E-state index contributed by atoms with van der Waals surface area (Å²) in [4.78, 5) is 8.41. The number of nitrogens with zero attached hydrogens (tertiary/aromatic N) is 2. The van der Waals surface area contributed by atoms with Crippen LogP contribution in [-0.4, -0.2) is 24.2 Å². The minimum Gasteiger partial charge on any atom is -0.497 e. The molecule has 4 nitrogen and oxygen atoms in total. The predicted octanol–water partition coefficient (Wildman–Crippen LogP) is 2.74. The number of benzene rings is 1. The van der Waals surface area contributed by atoms with Gasteiger partial charge in [-0.1, -0.05) is 23.7 Å². The van der Waals surface area contributed by atoms with E-state index in [4.69, 9.17) is 21.1 Å². The van der Waals surface area contributed by atoms with Crippen molar-refractivity contribution in [1.82, 2.24) is 9.97 Å². The molecular weight excluding hydrogens is 252 g/mol. The number of halogens is 1. The molecule has 2 aromatic rings. The van der Waals surface area contributed by atoms with Crippen LogP contribution in [0.15, 0.2) is 30.3 Å². The number of ether oxygens (including phenoxy) is 2. The van der Waals surface area contributed by atoms with Crippen LogP contribution in [0.1, 0.15) is 11.4 Å². The van der Waals surface area contributed by atoms with Crippen LogP contribution in [-0.2, 0) is 6.42 Å². The van der Waals surface area contributed by atoms with E-state index in [0.29, 0.717) is 23.3 Å². The molecule has 0 unspecified atom stereocenters. The first-order valence-electron chi connectivity index (χ1n) is 5.41. The van der Waals surface area contributed by atoms with Crippen LogP contribution in [0.25, 0.3) is 0 Å². The number of aromatic nitrogens is 2. The van der Waals surface area contributed by atoms with Crippen molar-refractivity contribution in [2.75, 3.05) is 14.2 Å². The second kappa shape index (κ2) is 5.69. The highest BCUT2D eigenvalue weighted by Crippen LogP contribution is 2.18. The summed E-state index contributed by atoms with van der Waals surface area (Å²) in [5.74, 6) is 1.89. The Morgan fingerprint density at radius 3 is 2.67 bits per heavy atom. The summed E-state index contributed by atoms with van der Waals surface area (Å²) in [6.45, 7) is 0. The fraction of sp³-hybridized carbons (Fsp3) is 0.231. The van der Waals surface area contributed by atoms with Crippen LogP contribution in [0.3, 0.4) is 0 Å². The molecule has 1 aromatic carbocycles. The lowest BCUT2D eigenvalue weighted by atomic mass is 10.1. The van der Waals surface area contributed by atoms with Gasteiger partial charge in [0.1, 0.15) is 16.7 Å². The zero-order valence-electron chi connectivity index (χ0n) is 10.2. The maximum atomic E-state index is 5.90. The Hall–Kier alpha value is -1.81. The van der Waals surface area contributed by atoms with Crippen molar-refractivity contribution in [2.45, 2.75) is 6.42 Å². The minimum absolute atomic E-state index is 0.375. The lowest BCUT2D eigenvalue weighted by Gasteiger charge is -2.05. The van der Waals surface area contributed by atoms with Gasteiger partial charge in [-0.25, -0.2) is 4.98 Å². The minimum atomic E-state index is 0.375. The van der Waals surface area contributed by atoms with Crippen LogP contribution >= 0.6 is 11.6 Å². The van der Waals surface area contributed by atoms with Crippen molar-refractivity contribution in [3.8, 4) is 11.6 Å². The molecule has 0 fully saturated rings. The van der Waals surface area contributed by atoms with Crippen molar-refractivity contribution in [1.29, 1.82) is 0 Å². The number of hydrogen-bond donors (Lipinski definition) is 0. The summed E-state index contributed by atoms with van der Waals surface area (Å²) >= 11 is 5.90. The zero-order valence-corrected chi connectivity index (χ0v) is 10.9. The molecule has 0 saturated carbocycles. The van der Waals surface area contributed by atoms with Gasteiger partial charge in [0.2, 0.25) is 5.88 Å². The molecule has 0 radical (unpaired) electrons. The van der Waals surface area contributed by atoms with E-state index >= 15 is 0 Å². The highest BCUT2D eigenvalue weighted by molar-refractivity contribution is 6.29. The molecule has 0 aliphatic carbocycles. The van der Waals surface area contributed by atoms with Gasteiger partial charge in [0.05, 0.1) is 14.2 Å². The summed E-state index contributed by atoms with van der Waals surface area (Å²) in [6, 6.07) is 9.32. The average molecular weight is 265 g/mol. The molecule has 0 bridgehead atoms. The summed E-state index contributed by atoms with van der Waals surface area (Å²) in [5.41, 5.74) is 1.05. The molecule has 1 aromatic heterocycles. The van der Waals surface area contributed by atoms with E-state index in [-0.39, 0.29) is 0 Å². The van der Waals surface area contributed by atoms with E-state index in [1.54, 1.807) is 20.3 Å². The third kappa shape index (κ3) is 3.11. The van der Waals surface area contributed by atoms with Crippen LogP contribution in [0.2, 0.25) is 5.15 Å². The fourth-order valence-electron chi connectivity index (χ4n) is 1.59. The van der Waals surface area contributed by atoms with Gasteiger partial charge >= 0.3 is 0 Å². The maximum Gasteiger partial charge on any atom is 0.217 e. The smallest absolute Gasteiger partial charge is 0.217 e. The van der Waals surface area contributed by atoms with Crippen LogP contribution in [0.4, 0.5) is 0 Å². The lowest BCUT2D eigenvalue weighted by Crippen LogP contribution is -1.99. The standard InChI is InChI=1S/C13H13ClN2O2/c1-17-10-5-3-4-9(6-10)7-12-15-11(14)8-13(16-12)18-2/h3-6,8H,7H2,1-2H3. The molecule has 0 spiro atoms. The monoisotopic (exact) mass is 264 g/mol. The molecular formula is C13H13ClN2O2.